The molecule has 212 valence electrons. The van der Waals surface area contributed by atoms with Crippen molar-refractivity contribution in [1.82, 2.24) is 10.2 Å². The van der Waals surface area contributed by atoms with Gasteiger partial charge in [0.05, 0.1) is 11.9 Å². The van der Waals surface area contributed by atoms with E-state index >= 15 is 0 Å². The van der Waals surface area contributed by atoms with Crippen molar-refractivity contribution in [1.29, 1.82) is 0 Å². The van der Waals surface area contributed by atoms with E-state index in [1.165, 1.54) is 23.1 Å². The summed E-state index contributed by atoms with van der Waals surface area (Å²) in [7, 11) is -3.98. The molecule has 1 aliphatic carbocycles. The first-order valence-corrected chi connectivity index (χ1v) is 15.4. The molecule has 3 aromatic carbocycles. The van der Waals surface area contributed by atoms with Gasteiger partial charge in [0, 0.05) is 24.0 Å². The summed E-state index contributed by atoms with van der Waals surface area (Å²) in [6.45, 7) is -0.635. The molecule has 3 aromatic rings. The Kier molecular flexibility index (Phi) is 9.81. The number of anilines is 1. The first kappa shape index (κ1) is 29.6. The van der Waals surface area contributed by atoms with Gasteiger partial charge in [0.1, 0.15) is 18.4 Å². The molecule has 0 radical (unpaired) electrons. The first-order valence-electron chi connectivity index (χ1n) is 13.2. The number of carbonyl (C=O) groups excluding carboxylic acids is 2. The lowest BCUT2D eigenvalue weighted by Gasteiger charge is -2.34. The molecular weight excluding hydrogens is 553 g/mol. The molecule has 1 atom stereocenters. The zero-order valence-electron chi connectivity index (χ0n) is 22.3. The predicted molar refractivity (Wildman–Crippen MR) is 155 cm³/mol. The summed E-state index contributed by atoms with van der Waals surface area (Å²) in [4.78, 5) is 29.2. The van der Waals surface area contributed by atoms with Crippen molar-refractivity contribution in [2.75, 3.05) is 17.1 Å². The number of halogens is 2. The molecule has 0 unspecified atom stereocenters. The molecule has 0 aromatic heterocycles. The molecule has 1 saturated carbocycles. The normalized spacial score (nSPS) is 14.5. The Hall–Kier alpha value is -3.43. The van der Waals surface area contributed by atoms with Crippen LogP contribution in [0.5, 0.6) is 0 Å². The molecule has 4 rings (SSSR count). The molecule has 0 bridgehead atoms. The maximum atomic E-state index is 14.1. The van der Waals surface area contributed by atoms with Crippen LogP contribution in [0.4, 0.5) is 10.1 Å². The molecule has 1 N–H and O–H groups in total. The highest BCUT2D eigenvalue weighted by atomic mass is 35.5. The summed E-state index contributed by atoms with van der Waals surface area (Å²) < 4.78 is 40.4. The van der Waals surface area contributed by atoms with E-state index in [2.05, 4.69) is 5.32 Å². The van der Waals surface area contributed by atoms with Gasteiger partial charge < -0.3 is 10.2 Å². The SMILES string of the molecule is CS(=O)(=O)N(CC(=O)N(Cc1ccccc1Cl)[C@@H](Cc1ccccc1)C(=O)NC1CCCC1)c1cccc(F)c1. The highest BCUT2D eigenvalue weighted by Crippen LogP contribution is 2.24. The molecule has 2 amide bonds. The van der Waals surface area contributed by atoms with E-state index in [9.17, 15) is 22.4 Å². The van der Waals surface area contributed by atoms with E-state index in [0.29, 0.717) is 10.6 Å². The largest absolute Gasteiger partial charge is 0.352 e. The van der Waals surface area contributed by atoms with Gasteiger partial charge in [-0.2, -0.15) is 0 Å². The van der Waals surface area contributed by atoms with Crippen LogP contribution in [0.15, 0.2) is 78.9 Å². The minimum atomic E-state index is -3.98. The van der Waals surface area contributed by atoms with Crippen molar-refractivity contribution < 1.29 is 22.4 Å². The molecule has 0 saturated heterocycles. The van der Waals surface area contributed by atoms with E-state index in [4.69, 9.17) is 11.6 Å². The van der Waals surface area contributed by atoms with Gasteiger partial charge in [-0.25, -0.2) is 12.8 Å². The van der Waals surface area contributed by atoms with Crippen LogP contribution in [0.1, 0.15) is 36.8 Å². The lowest BCUT2D eigenvalue weighted by Crippen LogP contribution is -2.54. The Morgan fingerprint density at radius 3 is 2.33 bits per heavy atom. The number of nitrogens with one attached hydrogen (secondary N) is 1. The fourth-order valence-corrected chi connectivity index (χ4v) is 6.01. The van der Waals surface area contributed by atoms with Crippen molar-refractivity contribution in [3.63, 3.8) is 0 Å². The van der Waals surface area contributed by atoms with Gasteiger partial charge in [0.15, 0.2) is 0 Å². The number of hydrogen-bond donors (Lipinski definition) is 1. The second-order valence-electron chi connectivity index (χ2n) is 10.1. The smallest absolute Gasteiger partial charge is 0.244 e. The van der Waals surface area contributed by atoms with Crippen LogP contribution in [0, 0.1) is 5.82 Å². The van der Waals surface area contributed by atoms with Crippen molar-refractivity contribution in [2.45, 2.75) is 50.7 Å². The first-order chi connectivity index (χ1) is 19.1. The molecule has 40 heavy (non-hydrogen) atoms. The zero-order chi connectivity index (χ0) is 28.7. The number of sulfonamides is 1. The molecular formula is C30H33ClFN3O4S. The van der Waals surface area contributed by atoms with Gasteiger partial charge in [-0.05, 0) is 48.2 Å². The maximum Gasteiger partial charge on any atom is 0.244 e. The van der Waals surface area contributed by atoms with Gasteiger partial charge >= 0.3 is 0 Å². The predicted octanol–water partition coefficient (Wildman–Crippen LogP) is 4.94. The summed E-state index contributed by atoms with van der Waals surface area (Å²) in [6.07, 6.45) is 4.95. The molecule has 1 fully saturated rings. The molecule has 10 heteroatoms. The monoisotopic (exact) mass is 585 g/mol. The Labute approximate surface area is 240 Å². The standard InChI is InChI=1S/C30H33ClFN3O4S/c1-40(38,39)35(26-16-9-13-24(32)19-26)21-29(36)34(20-23-12-5-8-17-27(23)31)28(18-22-10-3-2-4-11-22)30(37)33-25-14-6-7-15-25/h2-5,8-13,16-17,19,25,28H,6-7,14-15,18,20-21H2,1H3,(H,33,37)/t28-/m0/s1. The third kappa shape index (κ3) is 7.82. The van der Waals surface area contributed by atoms with Crippen LogP contribution in [0.3, 0.4) is 0 Å². The van der Waals surface area contributed by atoms with Crippen LogP contribution < -0.4 is 9.62 Å². The van der Waals surface area contributed by atoms with E-state index in [1.807, 2.05) is 30.3 Å². The topological polar surface area (TPSA) is 86.8 Å². The Morgan fingerprint density at radius 1 is 1.00 bits per heavy atom. The summed E-state index contributed by atoms with van der Waals surface area (Å²) in [5, 5.41) is 3.53. The summed E-state index contributed by atoms with van der Waals surface area (Å²) in [6, 6.07) is 20.5. The Morgan fingerprint density at radius 2 is 1.68 bits per heavy atom. The average Bonchev–Trinajstić information content (AvgIpc) is 3.43. The van der Waals surface area contributed by atoms with Crippen LogP contribution in [-0.2, 0) is 32.6 Å². The van der Waals surface area contributed by atoms with Gasteiger partial charge in [-0.1, -0.05) is 79.0 Å². The number of nitrogens with zero attached hydrogens (tertiary/aromatic N) is 2. The number of amides is 2. The van der Waals surface area contributed by atoms with Gasteiger partial charge in [-0.15, -0.1) is 0 Å². The Balaban J connectivity index is 1.73. The number of benzene rings is 3. The van der Waals surface area contributed by atoms with E-state index in [1.54, 1.807) is 24.3 Å². The minimum absolute atomic E-state index is 0.0165. The van der Waals surface area contributed by atoms with Crippen molar-refractivity contribution in [3.8, 4) is 0 Å². The fourth-order valence-electron chi connectivity index (χ4n) is 4.98. The highest BCUT2D eigenvalue weighted by Gasteiger charge is 2.34. The van der Waals surface area contributed by atoms with Crippen molar-refractivity contribution >= 4 is 39.1 Å². The molecule has 1 aliphatic rings. The van der Waals surface area contributed by atoms with Crippen LogP contribution in [0.25, 0.3) is 0 Å². The molecule has 0 aliphatic heterocycles. The lowest BCUT2D eigenvalue weighted by molar-refractivity contribution is -0.140. The van der Waals surface area contributed by atoms with E-state index in [0.717, 1.165) is 47.9 Å². The third-order valence-corrected chi connectivity index (χ3v) is 8.56. The second-order valence-corrected chi connectivity index (χ2v) is 12.4. The molecule has 0 spiro atoms. The lowest BCUT2D eigenvalue weighted by atomic mass is 10.0. The number of carbonyl (C=O) groups is 2. The third-order valence-electron chi connectivity index (χ3n) is 7.05. The fraction of sp³-hybridized carbons (Fsp3) is 0.333. The Bertz CT molecular complexity index is 1430. The summed E-state index contributed by atoms with van der Waals surface area (Å²) in [5.74, 6) is -1.56. The number of hydrogen-bond acceptors (Lipinski definition) is 4. The van der Waals surface area contributed by atoms with E-state index in [-0.39, 0.29) is 30.6 Å². The van der Waals surface area contributed by atoms with E-state index < -0.39 is 34.3 Å². The van der Waals surface area contributed by atoms with Gasteiger partial charge in [0.25, 0.3) is 0 Å². The minimum Gasteiger partial charge on any atom is -0.352 e. The maximum absolute atomic E-state index is 14.1. The number of rotatable bonds is 11. The highest BCUT2D eigenvalue weighted by molar-refractivity contribution is 7.92. The molecule has 0 heterocycles. The van der Waals surface area contributed by atoms with Crippen molar-refractivity contribution in [3.05, 3.63) is 101 Å². The van der Waals surface area contributed by atoms with Crippen LogP contribution in [-0.4, -0.2) is 50.0 Å². The van der Waals surface area contributed by atoms with Crippen LogP contribution in [0.2, 0.25) is 5.02 Å². The van der Waals surface area contributed by atoms with Crippen molar-refractivity contribution in [2.24, 2.45) is 0 Å². The van der Waals surface area contributed by atoms with Crippen LogP contribution >= 0.6 is 11.6 Å². The average molecular weight is 586 g/mol. The second kappa shape index (κ2) is 13.3. The zero-order valence-corrected chi connectivity index (χ0v) is 23.9. The van der Waals surface area contributed by atoms with Gasteiger partial charge in [-0.3, -0.25) is 13.9 Å². The van der Waals surface area contributed by atoms with Gasteiger partial charge in [0.2, 0.25) is 21.8 Å². The summed E-state index contributed by atoms with van der Waals surface area (Å²) in [5.41, 5.74) is 1.47. The molecule has 7 nitrogen and oxygen atoms in total. The summed E-state index contributed by atoms with van der Waals surface area (Å²) >= 11 is 6.46. The quantitative estimate of drug-likeness (QED) is 0.345.